The number of hydrogen-bond donors (Lipinski definition) is 2. The molecule has 0 unspecified atom stereocenters. The number of amides is 1. The van der Waals surface area contributed by atoms with Crippen molar-refractivity contribution in [2.45, 2.75) is 6.54 Å². The molecule has 1 aromatic heterocycles. The highest BCUT2D eigenvalue weighted by atomic mass is 16.5. The van der Waals surface area contributed by atoms with Crippen molar-refractivity contribution in [2.75, 3.05) is 26.3 Å². The maximum Gasteiger partial charge on any atom is 0.251 e. The third-order valence-electron chi connectivity index (χ3n) is 2.67. The molecule has 0 bridgehead atoms. The number of rotatable bonds is 3. The number of carbonyl (C=O) groups excluding carboxylic acids is 1. The summed E-state index contributed by atoms with van der Waals surface area (Å²) in [6, 6.07) is 1.57. The molecule has 0 radical (unpaired) electrons. The quantitative estimate of drug-likeness (QED) is 0.558. The first-order valence-electron chi connectivity index (χ1n) is 5.66. The summed E-state index contributed by atoms with van der Waals surface area (Å²) < 4.78 is 10.4. The summed E-state index contributed by atoms with van der Waals surface area (Å²) in [5, 5.41) is 0. The lowest BCUT2D eigenvalue weighted by Crippen LogP contribution is -2.44. The van der Waals surface area contributed by atoms with Crippen LogP contribution in [0.15, 0.2) is 21.7 Å². The van der Waals surface area contributed by atoms with Gasteiger partial charge in [-0.05, 0) is 6.07 Å². The molecule has 1 amide bonds. The number of primary amides is 1. The summed E-state index contributed by atoms with van der Waals surface area (Å²) in [4.78, 5) is 17.0. The van der Waals surface area contributed by atoms with Crippen molar-refractivity contribution in [2.24, 2.45) is 16.5 Å². The zero-order valence-corrected chi connectivity index (χ0v) is 9.96. The first-order chi connectivity index (χ1) is 8.66. The lowest BCUT2D eigenvalue weighted by atomic mass is 10.3. The Labute approximate surface area is 104 Å². The maximum atomic E-state index is 10.9. The van der Waals surface area contributed by atoms with E-state index in [1.165, 1.54) is 6.26 Å². The van der Waals surface area contributed by atoms with Crippen molar-refractivity contribution < 1.29 is 13.9 Å². The molecule has 0 aliphatic carbocycles. The van der Waals surface area contributed by atoms with Gasteiger partial charge in [0, 0.05) is 13.1 Å². The first kappa shape index (κ1) is 12.4. The van der Waals surface area contributed by atoms with E-state index in [1.807, 2.05) is 4.90 Å². The number of furan rings is 1. The van der Waals surface area contributed by atoms with E-state index in [1.54, 1.807) is 6.07 Å². The normalized spacial score (nSPS) is 16.9. The Morgan fingerprint density at radius 1 is 1.39 bits per heavy atom. The fraction of sp³-hybridized carbons (Fsp3) is 0.455. The van der Waals surface area contributed by atoms with Crippen molar-refractivity contribution in [3.05, 3.63) is 23.7 Å². The summed E-state index contributed by atoms with van der Waals surface area (Å²) in [5.41, 5.74) is 11.3. The molecule has 98 valence electrons. The minimum atomic E-state index is -0.518. The average Bonchev–Trinajstić information content (AvgIpc) is 2.86. The van der Waals surface area contributed by atoms with Crippen LogP contribution in [0, 0.1) is 0 Å². The van der Waals surface area contributed by atoms with Crippen molar-refractivity contribution in [3.63, 3.8) is 0 Å². The van der Waals surface area contributed by atoms with E-state index in [9.17, 15) is 4.79 Å². The SMILES string of the molecule is NC(=O)c1coc(CN=C(N)N2CCOCC2)c1. The summed E-state index contributed by atoms with van der Waals surface area (Å²) in [7, 11) is 0. The zero-order valence-electron chi connectivity index (χ0n) is 9.96. The van der Waals surface area contributed by atoms with E-state index in [-0.39, 0.29) is 6.54 Å². The van der Waals surface area contributed by atoms with Gasteiger partial charge in [0.25, 0.3) is 5.91 Å². The fourth-order valence-corrected chi connectivity index (χ4v) is 1.64. The van der Waals surface area contributed by atoms with Crippen LogP contribution in [0.5, 0.6) is 0 Å². The summed E-state index contributed by atoms with van der Waals surface area (Å²) >= 11 is 0. The molecule has 1 aromatic rings. The molecule has 0 spiro atoms. The topological polar surface area (TPSA) is 107 Å². The molecule has 4 N–H and O–H groups in total. The van der Waals surface area contributed by atoms with Gasteiger partial charge in [-0.2, -0.15) is 0 Å². The third kappa shape index (κ3) is 3.01. The fourth-order valence-electron chi connectivity index (χ4n) is 1.64. The molecule has 7 heteroatoms. The predicted octanol–water partition coefficient (Wildman–Crippen LogP) is -0.475. The van der Waals surface area contributed by atoms with Crippen LogP contribution < -0.4 is 11.5 Å². The predicted molar refractivity (Wildman–Crippen MR) is 64.9 cm³/mol. The molecular formula is C11H16N4O3. The van der Waals surface area contributed by atoms with Crippen molar-refractivity contribution in [1.29, 1.82) is 0 Å². The van der Waals surface area contributed by atoms with E-state index < -0.39 is 5.91 Å². The van der Waals surface area contributed by atoms with Crippen molar-refractivity contribution in [1.82, 2.24) is 4.90 Å². The molecule has 1 saturated heterocycles. The number of nitrogens with two attached hydrogens (primary N) is 2. The molecule has 7 nitrogen and oxygen atoms in total. The van der Waals surface area contributed by atoms with E-state index in [0.29, 0.717) is 30.5 Å². The summed E-state index contributed by atoms with van der Waals surface area (Å²) in [6.07, 6.45) is 1.32. The van der Waals surface area contributed by atoms with Gasteiger partial charge >= 0.3 is 0 Å². The highest BCUT2D eigenvalue weighted by Crippen LogP contribution is 2.08. The van der Waals surface area contributed by atoms with Crippen LogP contribution in [0.3, 0.4) is 0 Å². The molecule has 0 aromatic carbocycles. The Morgan fingerprint density at radius 2 is 2.11 bits per heavy atom. The molecular weight excluding hydrogens is 236 g/mol. The number of guanidine groups is 1. The van der Waals surface area contributed by atoms with Gasteiger partial charge in [-0.1, -0.05) is 0 Å². The lowest BCUT2D eigenvalue weighted by molar-refractivity contribution is 0.0674. The number of hydrogen-bond acceptors (Lipinski definition) is 4. The van der Waals surface area contributed by atoms with Crippen LogP contribution in [0.1, 0.15) is 16.1 Å². The molecule has 2 rings (SSSR count). The van der Waals surface area contributed by atoms with E-state index in [4.69, 9.17) is 20.6 Å². The van der Waals surface area contributed by atoms with Gasteiger partial charge in [0.2, 0.25) is 0 Å². The average molecular weight is 252 g/mol. The van der Waals surface area contributed by atoms with Crippen LogP contribution in [-0.4, -0.2) is 43.1 Å². The van der Waals surface area contributed by atoms with E-state index in [0.717, 1.165) is 13.1 Å². The molecule has 18 heavy (non-hydrogen) atoms. The summed E-state index contributed by atoms with van der Waals surface area (Å²) in [5.74, 6) is 0.491. The Balaban J connectivity index is 1.93. The van der Waals surface area contributed by atoms with E-state index in [2.05, 4.69) is 4.99 Å². The zero-order chi connectivity index (χ0) is 13.0. The lowest BCUT2D eigenvalue weighted by Gasteiger charge is -2.27. The van der Waals surface area contributed by atoms with Gasteiger partial charge in [0.15, 0.2) is 5.96 Å². The second kappa shape index (κ2) is 5.54. The number of ether oxygens (including phenoxy) is 1. The second-order valence-corrected chi connectivity index (χ2v) is 3.94. The van der Waals surface area contributed by atoms with Crippen LogP contribution in [-0.2, 0) is 11.3 Å². The van der Waals surface area contributed by atoms with Gasteiger partial charge in [-0.15, -0.1) is 0 Å². The van der Waals surface area contributed by atoms with Gasteiger partial charge in [-0.3, -0.25) is 4.79 Å². The minimum absolute atomic E-state index is 0.288. The molecule has 1 aliphatic rings. The van der Waals surface area contributed by atoms with Crippen LogP contribution in [0.4, 0.5) is 0 Å². The van der Waals surface area contributed by atoms with Gasteiger partial charge in [0.05, 0.1) is 18.8 Å². The first-order valence-corrected chi connectivity index (χ1v) is 5.66. The molecule has 1 aliphatic heterocycles. The molecule has 1 fully saturated rings. The maximum absolute atomic E-state index is 10.9. The molecule has 2 heterocycles. The van der Waals surface area contributed by atoms with Crippen LogP contribution in [0.2, 0.25) is 0 Å². The Bertz CT molecular complexity index is 449. The smallest absolute Gasteiger partial charge is 0.251 e. The minimum Gasteiger partial charge on any atom is -0.467 e. The Kier molecular flexibility index (Phi) is 3.83. The standard InChI is InChI=1S/C11H16N4O3/c12-10(16)8-5-9(18-7-8)6-14-11(13)15-1-3-17-4-2-15/h5,7H,1-4,6H2,(H2,12,16)(H2,13,14). The van der Waals surface area contributed by atoms with Gasteiger partial charge in [-0.25, -0.2) is 4.99 Å². The number of aliphatic imine (C=N–C) groups is 1. The van der Waals surface area contributed by atoms with Crippen molar-refractivity contribution >= 4 is 11.9 Å². The van der Waals surface area contributed by atoms with Crippen LogP contribution in [0.25, 0.3) is 0 Å². The number of morpholine rings is 1. The Morgan fingerprint density at radius 3 is 2.72 bits per heavy atom. The monoisotopic (exact) mass is 252 g/mol. The van der Waals surface area contributed by atoms with Crippen LogP contribution >= 0.6 is 0 Å². The Hall–Kier alpha value is -2.02. The second-order valence-electron chi connectivity index (χ2n) is 3.94. The highest BCUT2D eigenvalue weighted by Gasteiger charge is 2.12. The third-order valence-corrected chi connectivity index (χ3v) is 2.67. The molecule has 0 saturated carbocycles. The van der Waals surface area contributed by atoms with E-state index >= 15 is 0 Å². The summed E-state index contributed by atoms with van der Waals surface area (Å²) in [6.45, 7) is 3.07. The number of carbonyl (C=O) groups is 1. The van der Waals surface area contributed by atoms with Gasteiger partial charge < -0.3 is 25.5 Å². The highest BCUT2D eigenvalue weighted by molar-refractivity contribution is 5.92. The van der Waals surface area contributed by atoms with Gasteiger partial charge in [0.1, 0.15) is 18.6 Å². The largest absolute Gasteiger partial charge is 0.467 e. The molecule has 0 atom stereocenters. The number of nitrogens with zero attached hydrogens (tertiary/aromatic N) is 2. The van der Waals surface area contributed by atoms with Crippen molar-refractivity contribution in [3.8, 4) is 0 Å².